The van der Waals surface area contributed by atoms with Crippen molar-refractivity contribution in [3.05, 3.63) is 29.5 Å². The fourth-order valence-electron chi connectivity index (χ4n) is 3.19. The highest BCUT2D eigenvalue weighted by atomic mass is 16.5. The van der Waals surface area contributed by atoms with E-state index in [1.54, 1.807) is 7.11 Å². The third kappa shape index (κ3) is 2.03. The van der Waals surface area contributed by atoms with Crippen LogP contribution < -0.4 is 4.74 Å². The van der Waals surface area contributed by atoms with E-state index in [0.717, 1.165) is 48.0 Å². The van der Waals surface area contributed by atoms with Gasteiger partial charge in [0.25, 0.3) is 0 Å². The molecule has 0 saturated heterocycles. The molecule has 1 atom stereocenters. The number of Topliss-reactive ketones (excluding diaryl/α,β-unsaturated/α-hetero) is 1. The summed E-state index contributed by atoms with van der Waals surface area (Å²) < 4.78 is 5.30. The van der Waals surface area contributed by atoms with Crippen LogP contribution in [0.2, 0.25) is 0 Å². The summed E-state index contributed by atoms with van der Waals surface area (Å²) in [4.78, 5) is 15.6. The quantitative estimate of drug-likeness (QED) is 0.891. The molecular formula is C16H19NO2. The van der Waals surface area contributed by atoms with Crippen LogP contribution in [0.3, 0.4) is 0 Å². The Hall–Kier alpha value is -1.77. The van der Waals surface area contributed by atoms with E-state index < -0.39 is 0 Å². The highest BCUT2D eigenvalue weighted by Gasteiger charge is 2.27. The second-order valence-corrected chi connectivity index (χ2v) is 5.34. The number of H-pyrrole nitrogens is 1. The average molecular weight is 257 g/mol. The van der Waals surface area contributed by atoms with Gasteiger partial charge in [-0.05, 0) is 43.5 Å². The summed E-state index contributed by atoms with van der Waals surface area (Å²) in [5.74, 6) is 1.30. The van der Waals surface area contributed by atoms with Gasteiger partial charge in [0.2, 0.25) is 0 Å². The summed E-state index contributed by atoms with van der Waals surface area (Å²) in [6, 6.07) is 6.01. The van der Waals surface area contributed by atoms with E-state index in [1.165, 1.54) is 5.56 Å². The van der Waals surface area contributed by atoms with Gasteiger partial charge >= 0.3 is 0 Å². The zero-order chi connectivity index (χ0) is 13.4. The number of aromatic amines is 1. The van der Waals surface area contributed by atoms with Gasteiger partial charge in [0, 0.05) is 28.9 Å². The topological polar surface area (TPSA) is 42.1 Å². The first kappa shape index (κ1) is 12.3. The van der Waals surface area contributed by atoms with Crippen LogP contribution in [0.15, 0.2) is 18.2 Å². The number of hydrogen-bond donors (Lipinski definition) is 1. The molecule has 0 radical (unpaired) electrons. The van der Waals surface area contributed by atoms with Crippen LogP contribution in [0.25, 0.3) is 10.9 Å². The van der Waals surface area contributed by atoms with E-state index in [1.807, 2.05) is 18.2 Å². The lowest BCUT2D eigenvalue weighted by Crippen LogP contribution is -2.17. The van der Waals surface area contributed by atoms with Crippen LogP contribution in [-0.2, 0) is 4.79 Å². The molecule has 1 fully saturated rings. The average Bonchev–Trinajstić information content (AvgIpc) is 2.74. The number of fused-ring (bicyclic) bond motifs is 1. The van der Waals surface area contributed by atoms with Crippen molar-refractivity contribution >= 4 is 16.7 Å². The number of nitrogens with one attached hydrogen (secondary N) is 1. The van der Waals surface area contributed by atoms with Crippen LogP contribution in [0, 0.1) is 6.92 Å². The lowest BCUT2D eigenvalue weighted by atomic mass is 9.82. The SMILES string of the molecule is COc1ccc2[nH]c(C)c(C3CCCCC3=O)c2c1. The molecule has 0 amide bonds. The van der Waals surface area contributed by atoms with Crippen LogP contribution in [0.1, 0.15) is 42.9 Å². The number of methoxy groups -OCH3 is 1. The molecule has 0 bridgehead atoms. The molecule has 1 N–H and O–H groups in total. The zero-order valence-corrected chi connectivity index (χ0v) is 11.5. The Kier molecular flexibility index (Phi) is 3.05. The van der Waals surface area contributed by atoms with E-state index in [4.69, 9.17) is 4.74 Å². The zero-order valence-electron chi connectivity index (χ0n) is 11.5. The van der Waals surface area contributed by atoms with Gasteiger partial charge in [-0.1, -0.05) is 6.42 Å². The van der Waals surface area contributed by atoms with Gasteiger partial charge in [-0.3, -0.25) is 4.79 Å². The van der Waals surface area contributed by atoms with Gasteiger partial charge in [-0.25, -0.2) is 0 Å². The van der Waals surface area contributed by atoms with Crippen LogP contribution in [0.5, 0.6) is 5.75 Å². The van der Waals surface area contributed by atoms with Gasteiger partial charge < -0.3 is 9.72 Å². The van der Waals surface area contributed by atoms with Gasteiger partial charge in [0.05, 0.1) is 7.11 Å². The van der Waals surface area contributed by atoms with Crippen molar-refractivity contribution in [1.29, 1.82) is 0 Å². The minimum Gasteiger partial charge on any atom is -0.497 e. The molecule has 1 unspecified atom stereocenters. The van der Waals surface area contributed by atoms with E-state index in [-0.39, 0.29) is 5.92 Å². The summed E-state index contributed by atoms with van der Waals surface area (Å²) in [5, 5.41) is 1.14. The summed E-state index contributed by atoms with van der Waals surface area (Å²) in [6.45, 7) is 2.06. The second kappa shape index (κ2) is 4.72. The molecule has 1 aromatic carbocycles. The molecule has 0 aliphatic heterocycles. The molecule has 1 heterocycles. The molecule has 1 aliphatic carbocycles. The number of benzene rings is 1. The maximum absolute atomic E-state index is 12.2. The molecule has 3 rings (SSSR count). The third-order valence-electron chi connectivity index (χ3n) is 4.15. The monoisotopic (exact) mass is 257 g/mol. The minimum atomic E-state index is 0.0645. The third-order valence-corrected chi connectivity index (χ3v) is 4.15. The van der Waals surface area contributed by atoms with Crippen molar-refractivity contribution in [2.45, 2.75) is 38.5 Å². The highest BCUT2D eigenvalue weighted by molar-refractivity contribution is 5.95. The molecule has 3 nitrogen and oxygen atoms in total. The summed E-state index contributed by atoms with van der Waals surface area (Å²) >= 11 is 0. The number of carbonyl (C=O) groups is 1. The van der Waals surface area contributed by atoms with Crippen LogP contribution in [0.4, 0.5) is 0 Å². The fourth-order valence-corrected chi connectivity index (χ4v) is 3.19. The largest absolute Gasteiger partial charge is 0.497 e. The maximum atomic E-state index is 12.2. The van der Waals surface area contributed by atoms with Gasteiger partial charge in [0.15, 0.2) is 0 Å². The van der Waals surface area contributed by atoms with E-state index in [2.05, 4.69) is 11.9 Å². The molecule has 3 heteroatoms. The van der Waals surface area contributed by atoms with Crippen molar-refractivity contribution in [1.82, 2.24) is 4.98 Å². The standard InChI is InChI=1S/C16H19NO2/c1-10-16(12-5-3-4-6-15(12)18)13-9-11(19-2)7-8-14(13)17-10/h7-9,12,17H,3-6H2,1-2H3. The van der Waals surface area contributed by atoms with E-state index >= 15 is 0 Å². The Morgan fingerprint density at radius 1 is 1.32 bits per heavy atom. The molecule has 19 heavy (non-hydrogen) atoms. The lowest BCUT2D eigenvalue weighted by Gasteiger charge is -2.21. The predicted molar refractivity (Wildman–Crippen MR) is 75.8 cm³/mol. The first-order chi connectivity index (χ1) is 9.20. The fraction of sp³-hybridized carbons (Fsp3) is 0.438. The number of rotatable bonds is 2. The van der Waals surface area contributed by atoms with Gasteiger partial charge in [0.1, 0.15) is 11.5 Å². The Bertz CT molecular complexity index is 627. The van der Waals surface area contributed by atoms with Crippen molar-refractivity contribution in [2.24, 2.45) is 0 Å². The first-order valence-corrected chi connectivity index (χ1v) is 6.89. The maximum Gasteiger partial charge on any atom is 0.140 e. The van der Waals surface area contributed by atoms with Crippen LogP contribution >= 0.6 is 0 Å². The Balaban J connectivity index is 2.15. The smallest absolute Gasteiger partial charge is 0.140 e. The predicted octanol–water partition coefficient (Wildman–Crippen LogP) is 3.71. The van der Waals surface area contributed by atoms with Crippen molar-refractivity contribution in [3.8, 4) is 5.75 Å². The summed E-state index contributed by atoms with van der Waals surface area (Å²) in [7, 11) is 1.67. The molecule has 1 saturated carbocycles. The van der Waals surface area contributed by atoms with Crippen molar-refractivity contribution in [3.63, 3.8) is 0 Å². The normalized spacial score (nSPS) is 19.9. The van der Waals surface area contributed by atoms with Crippen LogP contribution in [-0.4, -0.2) is 17.9 Å². The summed E-state index contributed by atoms with van der Waals surface area (Å²) in [6.07, 6.45) is 3.89. The molecule has 2 aromatic rings. The van der Waals surface area contributed by atoms with Crippen molar-refractivity contribution in [2.75, 3.05) is 7.11 Å². The van der Waals surface area contributed by atoms with Gasteiger partial charge in [-0.2, -0.15) is 0 Å². The summed E-state index contributed by atoms with van der Waals surface area (Å²) in [5.41, 5.74) is 3.38. The number of ketones is 1. The molecule has 1 aliphatic rings. The van der Waals surface area contributed by atoms with E-state index in [9.17, 15) is 4.79 Å². The Labute approximate surface area is 113 Å². The molecular weight excluding hydrogens is 238 g/mol. The number of hydrogen-bond acceptors (Lipinski definition) is 2. The molecule has 1 aromatic heterocycles. The Morgan fingerprint density at radius 3 is 2.89 bits per heavy atom. The second-order valence-electron chi connectivity index (χ2n) is 5.34. The van der Waals surface area contributed by atoms with Gasteiger partial charge in [-0.15, -0.1) is 0 Å². The molecule has 0 spiro atoms. The van der Waals surface area contributed by atoms with Crippen molar-refractivity contribution < 1.29 is 9.53 Å². The Morgan fingerprint density at radius 2 is 2.16 bits per heavy atom. The molecule has 100 valence electrons. The number of aryl methyl sites for hydroxylation is 1. The first-order valence-electron chi connectivity index (χ1n) is 6.89. The number of aromatic nitrogens is 1. The lowest BCUT2D eigenvalue weighted by molar-refractivity contribution is -0.121. The number of ether oxygens (including phenoxy) is 1. The van der Waals surface area contributed by atoms with E-state index in [0.29, 0.717) is 5.78 Å². The number of carbonyl (C=O) groups excluding carboxylic acids is 1. The highest BCUT2D eigenvalue weighted by Crippen LogP contribution is 2.37. The minimum absolute atomic E-state index is 0.0645.